The maximum Gasteiger partial charge on any atom is 0.0638 e. The molecule has 1 aliphatic rings. The highest BCUT2D eigenvalue weighted by molar-refractivity contribution is 5.15. The minimum absolute atomic E-state index is 0.611. The van der Waals surface area contributed by atoms with Crippen LogP contribution in [0, 0.1) is 12.8 Å². The van der Waals surface area contributed by atoms with Crippen molar-refractivity contribution >= 4 is 0 Å². The van der Waals surface area contributed by atoms with E-state index < -0.39 is 0 Å². The zero-order chi connectivity index (χ0) is 14.4. The maximum absolute atomic E-state index is 5.05. The van der Waals surface area contributed by atoms with Crippen LogP contribution in [0.2, 0.25) is 0 Å². The molecule has 20 heavy (non-hydrogen) atoms. The summed E-state index contributed by atoms with van der Waals surface area (Å²) in [5.41, 5.74) is 2.48. The number of aryl methyl sites for hydroxylation is 1. The van der Waals surface area contributed by atoms with Gasteiger partial charge >= 0.3 is 0 Å². The number of rotatable bonds is 7. The predicted molar refractivity (Wildman–Crippen MR) is 81.8 cm³/mol. The topological polar surface area (TPSA) is 39.1 Å². The molecule has 0 aliphatic heterocycles. The summed E-state index contributed by atoms with van der Waals surface area (Å²) in [7, 11) is 1.73. The highest BCUT2D eigenvalue weighted by Crippen LogP contribution is 2.34. The van der Waals surface area contributed by atoms with Gasteiger partial charge < -0.3 is 10.1 Å². The van der Waals surface area contributed by atoms with E-state index in [4.69, 9.17) is 9.84 Å². The van der Waals surface area contributed by atoms with Gasteiger partial charge in [-0.3, -0.25) is 4.68 Å². The summed E-state index contributed by atoms with van der Waals surface area (Å²) >= 11 is 0. The van der Waals surface area contributed by atoms with E-state index in [-0.39, 0.29) is 0 Å². The molecule has 2 unspecified atom stereocenters. The van der Waals surface area contributed by atoms with Crippen molar-refractivity contribution in [3.8, 4) is 0 Å². The maximum atomic E-state index is 5.05. The van der Waals surface area contributed by atoms with Gasteiger partial charge in [-0.1, -0.05) is 26.2 Å². The van der Waals surface area contributed by atoms with Crippen molar-refractivity contribution in [1.29, 1.82) is 0 Å². The summed E-state index contributed by atoms with van der Waals surface area (Å²) in [6, 6.07) is 0.611. The molecule has 4 heteroatoms. The fourth-order valence-corrected chi connectivity index (χ4v) is 3.15. The molecule has 0 amide bonds. The summed E-state index contributed by atoms with van der Waals surface area (Å²) in [6.45, 7) is 6.96. The van der Waals surface area contributed by atoms with Crippen LogP contribution in [0.5, 0.6) is 0 Å². The van der Waals surface area contributed by atoms with E-state index in [1.807, 2.05) is 0 Å². The Bertz CT molecular complexity index is 402. The van der Waals surface area contributed by atoms with Crippen molar-refractivity contribution in [1.82, 2.24) is 15.1 Å². The number of nitrogens with zero attached hydrogens (tertiary/aromatic N) is 2. The molecule has 0 saturated heterocycles. The monoisotopic (exact) mass is 279 g/mol. The molecular weight excluding hydrogens is 250 g/mol. The van der Waals surface area contributed by atoms with Gasteiger partial charge in [0, 0.05) is 32.0 Å². The predicted octanol–water partition coefficient (Wildman–Crippen LogP) is 3.07. The molecule has 1 saturated carbocycles. The Labute approximate surface area is 122 Å². The first-order valence-corrected chi connectivity index (χ1v) is 7.98. The van der Waals surface area contributed by atoms with Crippen molar-refractivity contribution in [2.24, 2.45) is 5.92 Å². The van der Waals surface area contributed by atoms with Crippen molar-refractivity contribution < 1.29 is 4.74 Å². The molecule has 1 fully saturated rings. The van der Waals surface area contributed by atoms with Crippen molar-refractivity contribution in [2.75, 3.05) is 20.3 Å². The molecule has 0 radical (unpaired) electrons. The Morgan fingerprint density at radius 2 is 2.30 bits per heavy atom. The first-order chi connectivity index (χ1) is 9.74. The lowest BCUT2D eigenvalue weighted by molar-refractivity contribution is 0.199. The molecule has 2 rings (SSSR count). The fourth-order valence-electron chi connectivity index (χ4n) is 3.15. The molecule has 114 valence electrons. The smallest absolute Gasteiger partial charge is 0.0638 e. The molecule has 0 aromatic carbocycles. The largest absolute Gasteiger partial charge is 0.383 e. The lowest BCUT2D eigenvalue weighted by Crippen LogP contribution is -2.19. The first kappa shape index (κ1) is 15.5. The fraction of sp³-hybridized carbons (Fsp3) is 0.812. The van der Waals surface area contributed by atoms with Gasteiger partial charge in [-0.2, -0.15) is 5.10 Å². The highest BCUT2D eigenvalue weighted by Gasteiger charge is 2.23. The van der Waals surface area contributed by atoms with E-state index in [0.29, 0.717) is 6.04 Å². The quantitative estimate of drug-likeness (QED) is 0.780. The number of nitrogens with one attached hydrogen (secondary N) is 1. The zero-order valence-electron chi connectivity index (χ0n) is 13.2. The standard InChI is InChI=1S/C16H29N3O/c1-4-14-6-5-7-16(10-14)19-12-15(13(2)18-19)11-17-8-9-20-3/h12,14,16-17H,4-11H2,1-3H3. The molecular formula is C16H29N3O. The van der Waals surface area contributed by atoms with E-state index in [1.165, 1.54) is 37.7 Å². The van der Waals surface area contributed by atoms with Crippen LogP contribution in [0.3, 0.4) is 0 Å². The Balaban J connectivity index is 1.92. The Hall–Kier alpha value is -0.870. The van der Waals surface area contributed by atoms with Gasteiger partial charge in [-0.15, -0.1) is 0 Å². The summed E-state index contributed by atoms with van der Waals surface area (Å²) in [5, 5.41) is 8.15. The third kappa shape index (κ3) is 4.06. The number of hydrogen-bond donors (Lipinski definition) is 1. The minimum Gasteiger partial charge on any atom is -0.383 e. The second kappa shape index (κ2) is 7.79. The number of ether oxygens (including phenoxy) is 1. The highest BCUT2D eigenvalue weighted by atomic mass is 16.5. The lowest BCUT2D eigenvalue weighted by Gasteiger charge is -2.28. The number of hydrogen-bond acceptors (Lipinski definition) is 3. The van der Waals surface area contributed by atoms with Gasteiger partial charge in [0.15, 0.2) is 0 Å². The second-order valence-corrected chi connectivity index (χ2v) is 5.98. The van der Waals surface area contributed by atoms with Gasteiger partial charge in [0.1, 0.15) is 0 Å². The molecule has 0 spiro atoms. The summed E-state index contributed by atoms with van der Waals surface area (Å²) < 4.78 is 7.28. The first-order valence-electron chi connectivity index (χ1n) is 7.98. The van der Waals surface area contributed by atoms with E-state index in [9.17, 15) is 0 Å². The van der Waals surface area contributed by atoms with Gasteiger partial charge in [0.2, 0.25) is 0 Å². The van der Waals surface area contributed by atoms with Crippen LogP contribution in [0.1, 0.15) is 56.3 Å². The summed E-state index contributed by atoms with van der Waals surface area (Å²) in [6.07, 6.45) is 8.89. The molecule has 1 heterocycles. The van der Waals surface area contributed by atoms with Gasteiger partial charge in [-0.25, -0.2) is 0 Å². The van der Waals surface area contributed by atoms with Crippen LogP contribution >= 0.6 is 0 Å². The van der Waals surface area contributed by atoms with Crippen LogP contribution in [0.4, 0.5) is 0 Å². The third-order valence-corrected chi connectivity index (χ3v) is 4.52. The van der Waals surface area contributed by atoms with E-state index in [0.717, 1.165) is 31.3 Å². The lowest BCUT2D eigenvalue weighted by atomic mass is 9.84. The zero-order valence-corrected chi connectivity index (χ0v) is 13.2. The van der Waals surface area contributed by atoms with Gasteiger partial charge in [-0.05, 0) is 25.7 Å². The van der Waals surface area contributed by atoms with Crippen LogP contribution in [0.15, 0.2) is 6.20 Å². The number of methoxy groups -OCH3 is 1. The van der Waals surface area contributed by atoms with Crippen molar-refractivity contribution in [3.05, 3.63) is 17.5 Å². The second-order valence-electron chi connectivity index (χ2n) is 5.98. The average molecular weight is 279 g/mol. The minimum atomic E-state index is 0.611. The van der Waals surface area contributed by atoms with Crippen molar-refractivity contribution in [2.45, 2.75) is 58.5 Å². The summed E-state index contributed by atoms with van der Waals surface area (Å²) in [4.78, 5) is 0. The van der Waals surface area contributed by atoms with Crippen LogP contribution in [0.25, 0.3) is 0 Å². The molecule has 1 aromatic rings. The third-order valence-electron chi connectivity index (χ3n) is 4.52. The molecule has 1 aliphatic carbocycles. The van der Waals surface area contributed by atoms with E-state index in [1.54, 1.807) is 7.11 Å². The normalized spacial score (nSPS) is 23.1. The average Bonchev–Trinajstić information content (AvgIpc) is 2.85. The Kier molecular flexibility index (Phi) is 6.05. The molecule has 1 N–H and O–H groups in total. The molecule has 2 atom stereocenters. The van der Waals surface area contributed by atoms with Crippen LogP contribution < -0.4 is 5.32 Å². The van der Waals surface area contributed by atoms with Crippen LogP contribution in [-0.2, 0) is 11.3 Å². The Morgan fingerprint density at radius 1 is 1.45 bits per heavy atom. The summed E-state index contributed by atoms with van der Waals surface area (Å²) in [5.74, 6) is 0.890. The van der Waals surface area contributed by atoms with Gasteiger partial charge in [0.05, 0.1) is 18.3 Å². The van der Waals surface area contributed by atoms with Crippen molar-refractivity contribution in [3.63, 3.8) is 0 Å². The van der Waals surface area contributed by atoms with E-state index in [2.05, 4.69) is 30.0 Å². The Morgan fingerprint density at radius 3 is 3.05 bits per heavy atom. The SMILES string of the molecule is CCC1CCCC(n2cc(CNCCOC)c(C)n2)C1. The molecule has 1 aromatic heterocycles. The molecule has 4 nitrogen and oxygen atoms in total. The van der Waals surface area contributed by atoms with Gasteiger partial charge in [0.25, 0.3) is 0 Å². The van der Waals surface area contributed by atoms with E-state index >= 15 is 0 Å². The number of aromatic nitrogens is 2. The molecule has 0 bridgehead atoms. The van der Waals surface area contributed by atoms with Crippen LogP contribution in [-0.4, -0.2) is 30.0 Å².